The molecular formula is C53H31BN2O. The van der Waals surface area contributed by atoms with Gasteiger partial charge in [-0.15, -0.1) is 0 Å². The first-order chi connectivity index (χ1) is 28.3. The molecule has 3 aliphatic rings. The minimum Gasteiger partial charge on any atom is -0.456 e. The van der Waals surface area contributed by atoms with Crippen LogP contribution in [0.5, 0.6) is 0 Å². The van der Waals surface area contributed by atoms with Gasteiger partial charge in [-0.3, -0.25) is 0 Å². The topological polar surface area (TPSA) is 32.2 Å². The Hall–Kier alpha value is -7.30. The van der Waals surface area contributed by atoms with Crippen molar-refractivity contribution in [2.75, 3.05) is 4.90 Å². The molecule has 4 heterocycles. The molecule has 0 saturated carbocycles. The number of fused-ring (bicyclic) bond motifs is 19. The van der Waals surface area contributed by atoms with Crippen LogP contribution in [-0.2, 0) is 5.41 Å². The van der Waals surface area contributed by atoms with E-state index < -0.39 is 5.41 Å². The van der Waals surface area contributed by atoms with E-state index in [1.54, 1.807) is 0 Å². The highest BCUT2D eigenvalue weighted by atomic mass is 16.3. The molecule has 0 amide bonds. The second kappa shape index (κ2) is 10.5. The first-order valence-corrected chi connectivity index (χ1v) is 19.9. The fourth-order valence-corrected chi connectivity index (χ4v) is 11.3. The van der Waals surface area contributed by atoms with Gasteiger partial charge < -0.3 is 14.3 Å². The van der Waals surface area contributed by atoms with Crippen molar-refractivity contribution in [3.05, 3.63) is 198 Å². The van der Waals surface area contributed by atoms with Crippen LogP contribution in [0.2, 0.25) is 0 Å². The number of hydrogen-bond donors (Lipinski definition) is 1. The van der Waals surface area contributed by atoms with Gasteiger partial charge >= 0.3 is 0 Å². The average Bonchev–Trinajstić information content (AvgIpc) is 3.93. The Labute approximate surface area is 328 Å². The van der Waals surface area contributed by atoms with Crippen LogP contribution in [-0.4, -0.2) is 12.3 Å². The van der Waals surface area contributed by atoms with Crippen molar-refractivity contribution < 1.29 is 4.42 Å². The Bertz CT molecular complexity index is 3540. The maximum Gasteiger partial charge on any atom is 0.198 e. The number of hydrogen-bond acceptors (Lipinski definition) is 2. The van der Waals surface area contributed by atoms with E-state index in [4.69, 9.17) is 4.42 Å². The largest absolute Gasteiger partial charge is 0.456 e. The summed E-state index contributed by atoms with van der Waals surface area (Å²) in [5, 5.41) is 7.25. The fourth-order valence-electron chi connectivity index (χ4n) is 11.3. The van der Waals surface area contributed by atoms with Crippen molar-refractivity contribution in [1.82, 2.24) is 4.98 Å². The van der Waals surface area contributed by atoms with E-state index in [1.807, 2.05) is 0 Å². The van der Waals surface area contributed by atoms with Crippen LogP contribution in [0.3, 0.4) is 0 Å². The SMILES string of the molecule is B1c2cccc3c2N(c2ccccc2C32c3ccccc3-c3ccccc32)c2cc3oc4ccccc4c3c(-c3cccc4c3[nH]c3c5ccccc5ccc43)c21. The number of rotatable bonds is 1. The molecule has 2 aliphatic heterocycles. The maximum absolute atomic E-state index is 6.88. The quantitative estimate of drug-likeness (QED) is 0.171. The Morgan fingerprint density at radius 2 is 1.12 bits per heavy atom. The molecule has 262 valence electrons. The van der Waals surface area contributed by atoms with Crippen molar-refractivity contribution in [3.63, 3.8) is 0 Å². The first-order valence-electron chi connectivity index (χ1n) is 19.9. The van der Waals surface area contributed by atoms with Gasteiger partial charge in [-0.05, 0) is 61.9 Å². The van der Waals surface area contributed by atoms with E-state index in [-0.39, 0.29) is 0 Å². The molecule has 0 bridgehead atoms. The van der Waals surface area contributed by atoms with Crippen molar-refractivity contribution in [1.29, 1.82) is 0 Å². The zero-order chi connectivity index (χ0) is 37.0. The first kappa shape index (κ1) is 30.0. The van der Waals surface area contributed by atoms with E-state index in [0.717, 1.165) is 29.3 Å². The summed E-state index contributed by atoms with van der Waals surface area (Å²) in [7, 11) is 0.793. The number of nitrogens with one attached hydrogen (secondary N) is 1. The molecule has 0 fully saturated rings. The minimum absolute atomic E-state index is 0.450. The molecular weight excluding hydrogens is 691 g/mol. The molecule has 0 radical (unpaired) electrons. The fraction of sp³-hybridized carbons (Fsp3) is 0.0189. The van der Waals surface area contributed by atoms with Crippen molar-refractivity contribution in [2.24, 2.45) is 0 Å². The number of aromatic nitrogens is 1. The second-order valence-electron chi connectivity index (χ2n) is 16.0. The lowest BCUT2D eigenvalue weighted by atomic mass is 9.54. The smallest absolute Gasteiger partial charge is 0.198 e. The van der Waals surface area contributed by atoms with Gasteiger partial charge in [0.1, 0.15) is 11.2 Å². The van der Waals surface area contributed by atoms with E-state index >= 15 is 0 Å². The number of H-pyrrole nitrogens is 1. The van der Waals surface area contributed by atoms with Gasteiger partial charge in [-0.1, -0.05) is 163 Å². The van der Waals surface area contributed by atoms with Crippen LogP contribution in [0, 0.1) is 0 Å². The van der Waals surface area contributed by atoms with Crippen molar-refractivity contribution >= 4 is 89.8 Å². The standard InChI is InChI=1S/C53H31BN2O/c1-2-14-31-30(13-1)27-28-35-34-18-11-19-37(51(34)55-50(31)35)48-47-36-17-5-10-26-45(36)57-46(47)29-44-49(48)54-42-24-12-23-41-52(42)56(44)43-25-9-8-22-40(43)53(41)38-20-6-3-15-32(38)33-16-4-7-21-39(33)53/h1-29,54-55H. The van der Waals surface area contributed by atoms with Gasteiger partial charge in [-0.25, -0.2) is 0 Å². The minimum atomic E-state index is -0.450. The molecule has 2 aromatic heterocycles. The Morgan fingerprint density at radius 3 is 1.98 bits per heavy atom. The Balaban J connectivity index is 1.12. The van der Waals surface area contributed by atoms with E-state index in [2.05, 4.69) is 186 Å². The van der Waals surface area contributed by atoms with Crippen LogP contribution < -0.4 is 15.8 Å². The van der Waals surface area contributed by atoms with Crippen LogP contribution in [0.4, 0.5) is 17.1 Å². The summed E-state index contributed by atoms with van der Waals surface area (Å²) in [6.07, 6.45) is 0. The number of furan rings is 1. The third-order valence-corrected chi connectivity index (χ3v) is 13.4. The lowest BCUT2D eigenvalue weighted by Crippen LogP contribution is -2.47. The molecule has 4 heteroatoms. The Kier molecular flexibility index (Phi) is 5.53. The monoisotopic (exact) mass is 722 g/mol. The lowest BCUT2D eigenvalue weighted by molar-refractivity contribution is 0.669. The zero-order valence-electron chi connectivity index (χ0n) is 30.8. The van der Waals surface area contributed by atoms with Crippen molar-refractivity contribution in [2.45, 2.75) is 5.41 Å². The normalized spacial score (nSPS) is 14.2. The van der Waals surface area contributed by atoms with Gasteiger partial charge in [0.25, 0.3) is 0 Å². The summed E-state index contributed by atoms with van der Waals surface area (Å²) in [5.74, 6) is 0. The summed E-state index contributed by atoms with van der Waals surface area (Å²) < 4.78 is 6.88. The molecule has 57 heavy (non-hydrogen) atoms. The molecule has 1 N–H and O–H groups in total. The number of benzene rings is 9. The van der Waals surface area contributed by atoms with E-state index in [9.17, 15) is 0 Å². The van der Waals surface area contributed by atoms with Gasteiger partial charge in [0.2, 0.25) is 0 Å². The molecule has 1 spiro atoms. The molecule has 11 aromatic rings. The van der Waals surface area contributed by atoms with Gasteiger partial charge in [0.15, 0.2) is 7.28 Å². The molecule has 14 rings (SSSR count). The Morgan fingerprint density at radius 1 is 0.474 bits per heavy atom. The average molecular weight is 723 g/mol. The van der Waals surface area contributed by atoms with Crippen LogP contribution >= 0.6 is 0 Å². The summed E-state index contributed by atoms with van der Waals surface area (Å²) in [5.41, 5.74) is 20.4. The van der Waals surface area contributed by atoms with Gasteiger partial charge in [0, 0.05) is 49.9 Å². The van der Waals surface area contributed by atoms with Gasteiger partial charge in [0.05, 0.1) is 22.1 Å². The molecule has 3 nitrogen and oxygen atoms in total. The number of nitrogens with zero attached hydrogens (tertiary/aromatic N) is 1. The molecule has 9 aromatic carbocycles. The predicted octanol–water partition coefficient (Wildman–Crippen LogP) is 11.9. The zero-order valence-corrected chi connectivity index (χ0v) is 30.8. The lowest BCUT2D eigenvalue weighted by Gasteiger charge is -2.48. The van der Waals surface area contributed by atoms with Crippen LogP contribution in [0.1, 0.15) is 22.3 Å². The summed E-state index contributed by atoms with van der Waals surface area (Å²) in [4.78, 5) is 6.56. The third-order valence-electron chi connectivity index (χ3n) is 13.4. The van der Waals surface area contributed by atoms with Gasteiger partial charge in [-0.2, -0.15) is 0 Å². The highest BCUT2D eigenvalue weighted by Crippen LogP contribution is 2.63. The summed E-state index contributed by atoms with van der Waals surface area (Å²) in [6, 6.07) is 65.2. The third kappa shape index (κ3) is 3.56. The number of aromatic amines is 1. The van der Waals surface area contributed by atoms with Crippen LogP contribution in [0.15, 0.2) is 180 Å². The second-order valence-corrected chi connectivity index (χ2v) is 16.0. The number of anilines is 3. The molecule has 0 atom stereocenters. The van der Waals surface area contributed by atoms with Crippen molar-refractivity contribution in [3.8, 4) is 22.3 Å². The number of para-hydroxylation sites is 4. The molecule has 1 aliphatic carbocycles. The summed E-state index contributed by atoms with van der Waals surface area (Å²) in [6.45, 7) is 0. The van der Waals surface area contributed by atoms with Crippen LogP contribution in [0.25, 0.3) is 76.8 Å². The highest BCUT2D eigenvalue weighted by molar-refractivity contribution is 6.74. The molecule has 0 unspecified atom stereocenters. The maximum atomic E-state index is 6.88. The molecule has 0 saturated heterocycles. The van der Waals surface area contributed by atoms with E-state index in [0.29, 0.717) is 0 Å². The predicted molar refractivity (Wildman–Crippen MR) is 238 cm³/mol. The highest BCUT2D eigenvalue weighted by Gasteiger charge is 2.53. The summed E-state index contributed by atoms with van der Waals surface area (Å²) >= 11 is 0. The van der Waals surface area contributed by atoms with E-state index in [1.165, 1.54) is 105 Å².